The Kier molecular flexibility index (Phi) is 4.20. The number of halogens is 1. The number of anilines is 1. The van der Waals surface area contributed by atoms with E-state index in [9.17, 15) is 4.79 Å². The normalized spacial score (nSPS) is 25.6. The Morgan fingerprint density at radius 2 is 2.33 bits per heavy atom. The zero-order chi connectivity index (χ0) is 14.9. The Hall–Kier alpha value is -1.10. The van der Waals surface area contributed by atoms with Crippen LogP contribution in [0.25, 0.3) is 0 Å². The SMILES string of the molecule is Cc1ccc(NC(=O)CN2CCC3(CCNC3)C2)cc1Cl. The van der Waals surface area contributed by atoms with Gasteiger partial charge in [-0.3, -0.25) is 9.69 Å². The molecule has 1 atom stereocenters. The Morgan fingerprint density at radius 3 is 3.05 bits per heavy atom. The maximum Gasteiger partial charge on any atom is 0.238 e. The Balaban J connectivity index is 1.53. The number of rotatable bonds is 3. The minimum absolute atomic E-state index is 0.0397. The van der Waals surface area contributed by atoms with Crippen molar-refractivity contribution >= 4 is 23.2 Å². The van der Waals surface area contributed by atoms with E-state index in [2.05, 4.69) is 15.5 Å². The minimum atomic E-state index is 0.0397. The number of hydrogen-bond donors (Lipinski definition) is 2. The number of carbonyl (C=O) groups is 1. The van der Waals surface area contributed by atoms with E-state index in [1.807, 2.05) is 19.1 Å². The first-order chi connectivity index (χ1) is 10.1. The molecule has 2 heterocycles. The van der Waals surface area contributed by atoms with Crippen molar-refractivity contribution in [1.29, 1.82) is 0 Å². The summed E-state index contributed by atoms with van der Waals surface area (Å²) in [5.41, 5.74) is 2.20. The van der Waals surface area contributed by atoms with Crippen molar-refractivity contribution in [3.63, 3.8) is 0 Å². The lowest BCUT2D eigenvalue weighted by molar-refractivity contribution is -0.117. The summed E-state index contributed by atoms with van der Waals surface area (Å²) in [4.78, 5) is 14.4. The average Bonchev–Trinajstić information content (AvgIpc) is 3.05. The van der Waals surface area contributed by atoms with Crippen LogP contribution >= 0.6 is 11.6 Å². The number of nitrogens with one attached hydrogen (secondary N) is 2. The first kappa shape index (κ1) is 14.8. The van der Waals surface area contributed by atoms with Crippen LogP contribution in [-0.4, -0.2) is 43.5 Å². The molecule has 1 aromatic carbocycles. The van der Waals surface area contributed by atoms with Crippen LogP contribution in [0.5, 0.6) is 0 Å². The van der Waals surface area contributed by atoms with Crippen molar-refractivity contribution in [3.8, 4) is 0 Å². The van der Waals surface area contributed by atoms with Crippen LogP contribution in [0.1, 0.15) is 18.4 Å². The number of benzene rings is 1. The van der Waals surface area contributed by atoms with Gasteiger partial charge in [-0.1, -0.05) is 17.7 Å². The van der Waals surface area contributed by atoms with Gasteiger partial charge < -0.3 is 10.6 Å². The van der Waals surface area contributed by atoms with Crippen LogP contribution in [0.2, 0.25) is 5.02 Å². The summed E-state index contributed by atoms with van der Waals surface area (Å²) in [6, 6.07) is 5.62. The van der Waals surface area contributed by atoms with Crippen molar-refractivity contribution in [2.24, 2.45) is 5.41 Å². The molecule has 4 nitrogen and oxygen atoms in total. The van der Waals surface area contributed by atoms with Crippen molar-refractivity contribution in [2.75, 3.05) is 38.0 Å². The molecule has 0 aromatic heterocycles. The zero-order valence-electron chi connectivity index (χ0n) is 12.4. The topological polar surface area (TPSA) is 44.4 Å². The van der Waals surface area contributed by atoms with Gasteiger partial charge >= 0.3 is 0 Å². The number of likely N-dealkylation sites (tertiary alicyclic amines) is 1. The summed E-state index contributed by atoms with van der Waals surface area (Å²) in [7, 11) is 0. The number of hydrogen-bond acceptors (Lipinski definition) is 3. The lowest BCUT2D eigenvalue weighted by Gasteiger charge is -2.22. The molecule has 2 saturated heterocycles. The Labute approximate surface area is 130 Å². The van der Waals surface area contributed by atoms with E-state index in [0.29, 0.717) is 17.0 Å². The predicted octanol–water partition coefficient (Wildman–Crippen LogP) is 2.27. The highest BCUT2D eigenvalue weighted by Crippen LogP contribution is 2.35. The van der Waals surface area contributed by atoms with Gasteiger partial charge in [-0.05, 0) is 56.0 Å². The molecule has 3 rings (SSSR count). The molecule has 0 bridgehead atoms. The highest BCUT2D eigenvalue weighted by Gasteiger charge is 2.40. The summed E-state index contributed by atoms with van der Waals surface area (Å²) in [6.45, 7) is 6.67. The van der Waals surface area contributed by atoms with Crippen LogP contribution in [0.3, 0.4) is 0 Å². The molecule has 5 heteroatoms. The Bertz CT molecular complexity index is 540. The van der Waals surface area contributed by atoms with Crippen LogP contribution in [0.15, 0.2) is 18.2 Å². The van der Waals surface area contributed by atoms with Crippen molar-refractivity contribution in [2.45, 2.75) is 19.8 Å². The summed E-state index contributed by atoms with van der Waals surface area (Å²) < 4.78 is 0. The first-order valence-electron chi connectivity index (χ1n) is 7.55. The largest absolute Gasteiger partial charge is 0.325 e. The average molecular weight is 308 g/mol. The molecule has 2 N–H and O–H groups in total. The van der Waals surface area contributed by atoms with Crippen LogP contribution in [0, 0.1) is 12.3 Å². The van der Waals surface area contributed by atoms with Crippen LogP contribution in [0.4, 0.5) is 5.69 Å². The molecular formula is C16H22ClN3O. The van der Waals surface area contributed by atoms with E-state index in [1.54, 1.807) is 6.07 Å². The molecule has 0 saturated carbocycles. The van der Waals surface area contributed by atoms with Gasteiger partial charge in [0.25, 0.3) is 0 Å². The van der Waals surface area contributed by atoms with E-state index >= 15 is 0 Å². The molecule has 1 spiro atoms. The molecule has 2 aliphatic rings. The maximum absolute atomic E-state index is 12.2. The van der Waals surface area contributed by atoms with Crippen LogP contribution < -0.4 is 10.6 Å². The van der Waals surface area contributed by atoms with Gasteiger partial charge in [-0.15, -0.1) is 0 Å². The second kappa shape index (κ2) is 5.95. The van der Waals surface area contributed by atoms with Gasteiger partial charge in [0.05, 0.1) is 6.54 Å². The third-order valence-corrected chi connectivity index (χ3v) is 5.08. The summed E-state index contributed by atoms with van der Waals surface area (Å²) in [5.74, 6) is 0.0397. The van der Waals surface area contributed by atoms with E-state index in [1.165, 1.54) is 12.8 Å². The zero-order valence-corrected chi connectivity index (χ0v) is 13.2. The van der Waals surface area contributed by atoms with Crippen molar-refractivity contribution in [3.05, 3.63) is 28.8 Å². The fourth-order valence-corrected chi connectivity index (χ4v) is 3.56. The first-order valence-corrected chi connectivity index (χ1v) is 7.93. The van der Waals surface area contributed by atoms with E-state index in [4.69, 9.17) is 11.6 Å². The molecule has 0 radical (unpaired) electrons. The standard InChI is InChI=1S/C16H22ClN3O/c1-12-2-3-13(8-14(12)17)19-15(21)9-20-7-5-16(11-20)4-6-18-10-16/h2-3,8,18H,4-7,9-11H2,1H3,(H,19,21). The van der Waals surface area contributed by atoms with Crippen LogP contribution in [-0.2, 0) is 4.79 Å². The second-order valence-corrected chi connectivity index (χ2v) is 6.81. The van der Waals surface area contributed by atoms with E-state index in [-0.39, 0.29) is 5.91 Å². The van der Waals surface area contributed by atoms with Gasteiger partial charge in [0.1, 0.15) is 0 Å². The number of nitrogens with zero attached hydrogens (tertiary/aromatic N) is 1. The van der Waals surface area contributed by atoms with E-state index < -0.39 is 0 Å². The van der Waals surface area contributed by atoms with Gasteiger partial charge in [0.15, 0.2) is 0 Å². The molecule has 0 aliphatic carbocycles. The number of amides is 1. The molecule has 21 heavy (non-hydrogen) atoms. The van der Waals surface area contributed by atoms with Gasteiger partial charge in [-0.2, -0.15) is 0 Å². The molecule has 2 aliphatic heterocycles. The molecule has 1 amide bonds. The number of carbonyl (C=O) groups excluding carboxylic acids is 1. The van der Waals surface area contributed by atoms with Gasteiger partial charge in [-0.25, -0.2) is 0 Å². The highest BCUT2D eigenvalue weighted by atomic mass is 35.5. The smallest absolute Gasteiger partial charge is 0.238 e. The Morgan fingerprint density at radius 1 is 1.48 bits per heavy atom. The lowest BCUT2D eigenvalue weighted by Crippen LogP contribution is -2.34. The molecule has 114 valence electrons. The molecule has 2 fully saturated rings. The fourth-order valence-electron chi connectivity index (χ4n) is 3.38. The quantitative estimate of drug-likeness (QED) is 0.900. The summed E-state index contributed by atoms with van der Waals surface area (Å²) in [6.07, 6.45) is 2.43. The lowest BCUT2D eigenvalue weighted by atomic mass is 9.87. The van der Waals surface area contributed by atoms with E-state index in [0.717, 1.165) is 37.4 Å². The van der Waals surface area contributed by atoms with Crippen molar-refractivity contribution < 1.29 is 4.79 Å². The third kappa shape index (κ3) is 3.39. The maximum atomic E-state index is 12.2. The third-order valence-electron chi connectivity index (χ3n) is 4.67. The molecule has 1 unspecified atom stereocenters. The highest BCUT2D eigenvalue weighted by molar-refractivity contribution is 6.31. The monoisotopic (exact) mass is 307 g/mol. The second-order valence-electron chi connectivity index (χ2n) is 6.40. The summed E-state index contributed by atoms with van der Waals surface area (Å²) >= 11 is 6.08. The number of aryl methyl sites for hydroxylation is 1. The van der Waals surface area contributed by atoms with Gasteiger partial charge in [0.2, 0.25) is 5.91 Å². The van der Waals surface area contributed by atoms with Gasteiger partial charge in [0, 0.05) is 23.8 Å². The predicted molar refractivity (Wildman–Crippen MR) is 85.8 cm³/mol. The van der Waals surface area contributed by atoms with Crippen molar-refractivity contribution in [1.82, 2.24) is 10.2 Å². The summed E-state index contributed by atoms with van der Waals surface area (Å²) in [5, 5.41) is 7.06. The fraction of sp³-hybridized carbons (Fsp3) is 0.562. The molecule has 1 aromatic rings. The molecular weight excluding hydrogens is 286 g/mol. The minimum Gasteiger partial charge on any atom is -0.325 e.